The van der Waals surface area contributed by atoms with Crippen LogP contribution in [0.25, 0.3) is 11.3 Å². The van der Waals surface area contributed by atoms with E-state index in [1.165, 1.54) is 24.1 Å². The molecule has 4 nitrogen and oxygen atoms in total. The maximum atomic E-state index is 4.18. The number of hydrogen-bond donors (Lipinski definition) is 3. The molecular weight excluding hydrogens is 200 g/mol. The molecule has 1 atom stereocenters. The van der Waals surface area contributed by atoms with E-state index in [4.69, 9.17) is 0 Å². The molecule has 84 valence electrons. The standard InChI is InChI=1S/C12H16N4/c1-3-9(7-13-5-1)12-10(8-15-16-12)11-4-2-6-14-11/h2,4,6,8-9,13-14H,1,3,5,7H2,(H,15,16). The summed E-state index contributed by atoms with van der Waals surface area (Å²) < 4.78 is 0. The summed E-state index contributed by atoms with van der Waals surface area (Å²) >= 11 is 0. The molecule has 4 heteroatoms. The van der Waals surface area contributed by atoms with E-state index < -0.39 is 0 Å². The number of nitrogens with one attached hydrogen (secondary N) is 3. The fourth-order valence-corrected chi connectivity index (χ4v) is 2.42. The minimum atomic E-state index is 0.564. The maximum Gasteiger partial charge on any atom is 0.0583 e. The highest BCUT2D eigenvalue weighted by Gasteiger charge is 2.20. The first-order valence-corrected chi connectivity index (χ1v) is 5.83. The van der Waals surface area contributed by atoms with Crippen LogP contribution in [0.1, 0.15) is 24.5 Å². The Hall–Kier alpha value is -1.55. The first-order chi connectivity index (χ1) is 7.95. The van der Waals surface area contributed by atoms with Gasteiger partial charge in [0.1, 0.15) is 0 Å². The minimum Gasteiger partial charge on any atom is -0.361 e. The zero-order chi connectivity index (χ0) is 10.8. The highest BCUT2D eigenvalue weighted by Crippen LogP contribution is 2.29. The van der Waals surface area contributed by atoms with Gasteiger partial charge in [-0.05, 0) is 31.5 Å². The molecule has 0 aliphatic carbocycles. The third kappa shape index (κ3) is 1.65. The van der Waals surface area contributed by atoms with Crippen molar-refractivity contribution in [2.24, 2.45) is 0 Å². The van der Waals surface area contributed by atoms with Crippen LogP contribution in [0.2, 0.25) is 0 Å². The summed E-state index contributed by atoms with van der Waals surface area (Å²) in [6, 6.07) is 4.11. The number of H-pyrrole nitrogens is 2. The Balaban J connectivity index is 1.92. The number of rotatable bonds is 2. The van der Waals surface area contributed by atoms with E-state index in [9.17, 15) is 0 Å². The average Bonchev–Trinajstić information content (AvgIpc) is 3.01. The van der Waals surface area contributed by atoms with Gasteiger partial charge in [-0.1, -0.05) is 0 Å². The predicted octanol–water partition coefficient (Wildman–Crippen LogP) is 1.87. The van der Waals surface area contributed by atoms with Crippen LogP contribution >= 0.6 is 0 Å². The first-order valence-electron chi connectivity index (χ1n) is 5.83. The van der Waals surface area contributed by atoms with Crippen LogP contribution in [0.5, 0.6) is 0 Å². The van der Waals surface area contributed by atoms with Crippen LogP contribution in [0.3, 0.4) is 0 Å². The molecule has 1 aliphatic heterocycles. The van der Waals surface area contributed by atoms with E-state index in [-0.39, 0.29) is 0 Å². The Kier molecular flexibility index (Phi) is 2.50. The number of aromatic nitrogens is 3. The molecule has 1 fully saturated rings. The highest BCUT2D eigenvalue weighted by molar-refractivity contribution is 5.62. The lowest BCUT2D eigenvalue weighted by atomic mass is 9.93. The van der Waals surface area contributed by atoms with Gasteiger partial charge >= 0.3 is 0 Å². The second kappa shape index (κ2) is 4.14. The summed E-state index contributed by atoms with van der Waals surface area (Å²) in [4.78, 5) is 3.24. The third-order valence-corrected chi connectivity index (χ3v) is 3.26. The summed E-state index contributed by atoms with van der Waals surface area (Å²) in [5, 5.41) is 10.8. The van der Waals surface area contributed by atoms with Gasteiger partial charge in [0, 0.05) is 35.6 Å². The topological polar surface area (TPSA) is 56.5 Å². The van der Waals surface area contributed by atoms with Gasteiger partial charge in [-0.3, -0.25) is 5.10 Å². The van der Waals surface area contributed by atoms with Gasteiger partial charge in [-0.25, -0.2) is 0 Å². The molecule has 2 aromatic heterocycles. The van der Waals surface area contributed by atoms with Crippen molar-refractivity contribution in [3.8, 4) is 11.3 Å². The molecule has 0 aromatic carbocycles. The Labute approximate surface area is 94.5 Å². The fourth-order valence-electron chi connectivity index (χ4n) is 2.42. The zero-order valence-corrected chi connectivity index (χ0v) is 9.16. The van der Waals surface area contributed by atoms with Crippen LogP contribution in [0.4, 0.5) is 0 Å². The Morgan fingerprint density at radius 3 is 3.12 bits per heavy atom. The van der Waals surface area contributed by atoms with E-state index in [1.807, 2.05) is 18.5 Å². The second-order valence-corrected chi connectivity index (χ2v) is 4.32. The molecule has 0 amide bonds. The number of piperidine rings is 1. The van der Waals surface area contributed by atoms with Crippen LogP contribution in [0, 0.1) is 0 Å². The zero-order valence-electron chi connectivity index (χ0n) is 9.16. The van der Waals surface area contributed by atoms with E-state index in [0.29, 0.717) is 5.92 Å². The SMILES string of the molecule is c1c[nH]c(-c2cn[nH]c2C2CCCNC2)c1. The van der Waals surface area contributed by atoms with Crippen LogP contribution in [-0.2, 0) is 0 Å². The molecule has 2 aromatic rings. The van der Waals surface area contributed by atoms with Crippen molar-refractivity contribution < 1.29 is 0 Å². The molecule has 0 saturated carbocycles. The maximum absolute atomic E-state index is 4.18. The highest BCUT2D eigenvalue weighted by atomic mass is 15.1. The summed E-state index contributed by atoms with van der Waals surface area (Å²) in [6.45, 7) is 2.19. The molecule has 1 saturated heterocycles. The van der Waals surface area contributed by atoms with Gasteiger partial charge in [0.2, 0.25) is 0 Å². The van der Waals surface area contributed by atoms with Crippen molar-refractivity contribution in [2.45, 2.75) is 18.8 Å². The monoisotopic (exact) mass is 216 g/mol. The molecule has 1 aliphatic rings. The van der Waals surface area contributed by atoms with Crippen LogP contribution < -0.4 is 5.32 Å². The average molecular weight is 216 g/mol. The van der Waals surface area contributed by atoms with Crippen molar-refractivity contribution in [3.05, 3.63) is 30.2 Å². The van der Waals surface area contributed by atoms with Crippen molar-refractivity contribution in [3.63, 3.8) is 0 Å². The first kappa shape index (κ1) is 9.66. The smallest absolute Gasteiger partial charge is 0.0583 e. The summed E-state index contributed by atoms with van der Waals surface area (Å²) in [7, 11) is 0. The lowest BCUT2D eigenvalue weighted by molar-refractivity contribution is 0.455. The Morgan fingerprint density at radius 1 is 1.38 bits per heavy atom. The number of aromatic amines is 2. The van der Waals surface area contributed by atoms with E-state index in [0.717, 1.165) is 18.8 Å². The van der Waals surface area contributed by atoms with Gasteiger partial charge in [0.25, 0.3) is 0 Å². The third-order valence-electron chi connectivity index (χ3n) is 3.26. The predicted molar refractivity (Wildman–Crippen MR) is 63.2 cm³/mol. The lowest BCUT2D eigenvalue weighted by Gasteiger charge is -2.22. The molecule has 16 heavy (non-hydrogen) atoms. The summed E-state index contributed by atoms with van der Waals surface area (Å²) in [5.74, 6) is 0.564. The quantitative estimate of drug-likeness (QED) is 0.717. The van der Waals surface area contributed by atoms with Gasteiger partial charge in [0.15, 0.2) is 0 Å². The molecule has 1 unspecified atom stereocenters. The van der Waals surface area contributed by atoms with Crippen LogP contribution in [0.15, 0.2) is 24.5 Å². The molecule has 3 heterocycles. The molecular formula is C12H16N4. The fraction of sp³-hybridized carbons (Fsp3) is 0.417. The molecule has 3 rings (SSSR count). The van der Waals surface area contributed by atoms with E-state index >= 15 is 0 Å². The Morgan fingerprint density at radius 2 is 2.38 bits per heavy atom. The van der Waals surface area contributed by atoms with E-state index in [2.05, 4.69) is 26.6 Å². The molecule has 0 spiro atoms. The van der Waals surface area contributed by atoms with Crippen molar-refractivity contribution in [2.75, 3.05) is 13.1 Å². The minimum absolute atomic E-state index is 0.564. The number of hydrogen-bond acceptors (Lipinski definition) is 2. The van der Waals surface area contributed by atoms with Crippen LogP contribution in [-0.4, -0.2) is 28.3 Å². The lowest BCUT2D eigenvalue weighted by Crippen LogP contribution is -2.28. The molecule has 0 radical (unpaired) electrons. The summed E-state index contributed by atoms with van der Waals surface area (Å²) in [5.41, 5.74) is 3.61. The normalized spacial score (nSPS) is 21.1. The number of nitrogens with zero attached hydrogens (tertiary/aromatic N) is 1. The molecule has 0 bridgehead atoms. The van der Waals surface area contributed by atoms with Gasteiger partial charge in [-0.15, -0.1) is 0 Å². The van der Waals surface area contributed by atoms with Crippen molar-refractivity contribution in [1.29, 1.82) is 0 Å². The van der Waals surface area contributed by atoms with E-state index in [1.54, 1.807) is 0 Å². The van der Waals surface area contributed by atoms with Gasteiger partial charge in [-0.2, -0.15) is 5.10 Å². The van der Waals surface area contributed by atoms with Gasteiger partial charge in [0.05, 0.1) is 6.20 Å². The van der Waals surface area contributed by atoms with Crippen molar-refractivity contribution >= 4 is 0 Å². The largest absolute Gasteiger partial charge is 0.361 e. The summed E-state index contributed by atoms with van der Waals surface area (Å²) in [6.07, 6.45) is 6.35. The second-order valence-electron chi connectivity index (χ2n) is 4.32. The van der Waals surface area contributed by atoms with Gasteiger partial charge < -0.3 is 10.3 Å². The molecule has 3 N–H and O–H groups in total. The Bertz CT molecular complexity index is 437. The van der Waals surface area contributed by atoms with Crippen molar-refractivity contribution in [1.82, 2.24) is 20.5 Å².